The summed E-state index contributed by atoms with van der Waals surface area (Å²) in [5, 5.41) is 0. The number of ketones is 1. The summed E-state index contributed by atoms with van der Waals surface area (Å²) in [5.74, 6) is 0.175. The molecule has 1 atom stereocenters. The summed E-state index contributed by atoms with van der Waals surface area (Å²) in [6.07, 6.45) is 39.1. The lowest BCUT2D eigenvalue weighted by Gasteiger charge is -2.25. The molecule has 0 radical (unpaired) electrons. The topological polar surface area (TPSA) is 35.5 Å². The van der Waals surface area contributed by atoms with E-state index in [2.05, 4.69) is 13.8 Å². The Hall–Kier alpha value is -0.410. The standard InChI is InChI=1S/C40H80O3/c1-6-8-10-12-14-16-18-20-22-24-26-28-30-32-34-36-43-38(39(41)40(3,4)5)37-42-35-33-31-29-27-25-23-21-19-17-15-13-11-9-7-2/h38H,6-37H2,1-5H3. The Morgan fingerprint density at radius 1 is 0.442 bits per heavy atom. The average molecular weight is 609 g/mol. The van der Waals surface area contributed by atoms with E-state index in [4.69, 9.17) is 9.47 Å². The fraction of sp³-hybridized carbons (Fsp3) is 0.975. The molecule has 0 aliphatic carbocycles. The minimum absolute atomic E-state index is 0.175. The second-order valence-corrected chi connectivity index (χ2v) is 14.6. The maximum atomic E-state index is 12.9. The number of ether oxygens (including phenoxy) is 2. The van der Waals surface area contributed by atoms with E-state index < -0.39 is 11.5 Å². The molecule has 258 valence electrons. The van der Waals surface area contributed by atoms with Gasteiger partial charge in [0.25, 0.3) is 0 Å². The molecule has 0 aliphatic heterocycles. The molecule has 43 heavy (non-hydrogen) atoms. The molecule has 0 aliphatic rings. The van der Waals surface area contributed by atoms with Crippen LogP contribution in [0.2, 0.25) is 0 Å². The van der Waals surface area contributed by atoms with Crippen LogP contribution in [0.15, 0.2) is 0 Å². The van der Waals surface area contributed by atoms with Gasteiger partial charge in [-0.25, -0.2) is 0 Å². The van der Waals surface area contributed by atoms with Crippen molar-refractivity contribution in [1.29, 1.82) is 0 Å². The van der Waals surface area contributed by atoms with E-state index in [1.165, 1.54) is 173 Å². The molecule has 0 spiro atoms. The molecule has 0 heterocycles. The van der Waals surface area contributed by atoms with Gasteiger partial charge in [-0.05, 0) is 12.8 Å². The highest BCUT2D eigenvalue weighted by Crippen LogP contribution is 2.20. The van der Waals surface area contributed by atoms with Crippen LogP contribution in [-0.4, -0.2) is 31.7 Å². The van der Waals surface area contributed by atoms with Gasteiger partial charge in [0.2, 0.25) is 0 Å². The number of carbonyl (C=O) groups is 1. The highest BCUT2D eigenvalue weighted by atomic mass is 16.5. The van der Waals surface area contributed by atoms with Gasteiger partial charge in [0, 0.05) is 18.6 Å². The second-order valence-electron chi connectivity index (χ2n) is 14.6. The Labute approximate surface area is 271 Å². The summed E-state index contributed by atoms with van der Waals surface area (Å²) in [7, 11) is 0. The quantitative estimate of drug-likeness (QED) is 0.0671. The van der Waals surface area contributed by atoms with Gasteiger partial charge in [0.05, 0.1) is 6.61 Å². The monoisotopic (exact) mass is 609 g/mol. The Kier molecular flexibility index (Phi) is 32.7. The molecule has 1 unspecified atom stereocenters. The molecular weight excluding hydrogens is 528 g/mol. The third kappa shape index (κ3) is 31.4. The Balaban J connectivity index is 3.70. The first-order valence-corrected chi connectivity index (χ1v) is 19.7. The number of unbranched alkanes of at least 4 members (excludes halogenated alkanes) is 27. The molecule has 0 N–H and O–H groups in total. The average Bonchev–Trinajstić information content (AvgIpc) is 2.98. The zero-order chi connectivity index (χ0) is 31.7. The van der Waals surface area contributed by atoms with Gasteiger partial charge in [-0.3, -0.25) is 4.79 Å². The van der Waals surface area contributed by atoms with Crippen molar-refractivity contribution < 1.29 is 14.3 Å². The summed E-state index contributed by atoms with van der Waals surface area (Å²) in [4.78, 5) is 12.9. The van der Waals surface area contributed by atoms with Gasteiger partial charge in [0.15, 0.2) is 5.78 Å². The largest absolute Gasteiger partial charge is 0.378 e. The van der Waals surface area contributed by atoms with E-state index in [-0.39, 0.29) is 5.78 Å². The van der Waals surface area contributed by atoms with Crippen molar-refractivity contribution in [3.8, 4) is 0 Å². The van der Waals surface area contributed by atoms with Crippen LogP contribution in [0.5, 0.6) is 0 Å². The van der Waals surface area contributed by atoms with E-state index in [9.17, 15) is 4.79 Å². The Morgan fingerprint density at radius 2 is 0.721 bits per heavy atom. The summed E-state index contributed by atoms with van der Waals surface area (Å²) < 4.78 is 12.0. The normalized spacial score (nSPS) is 12.7. The minimum Gasteiger partial charge on any atom is -0.378 e. The lowest BCUT2D eigenvalue weighted by Crippen LogP contribution is -2.38. The fourth-order valence-corrected chi connectivity index (χ4v) is 5.97. The molecule has 0 aromatic heterocycles. The predicted octanol–water partition coefficient (Wildman–Crippen LogP) is 13.4. The van der Waals surface area contributed by atoms with Crippen molar-refractivity contribution in [3.63, 3.8) is 0 Å². The van der Waals surface area contributed by atoms with Crippen LogP contribution >= 0.6 is 0 Å². The van der Waals surface area contributed by atoms with Gasteiger partial charge >= 0.3 is 0 Å². The molecular formula is C40H80O3. The van der Waals surface area contributed by atoms with Gasteiger partial charge < -0.3 is 9.47 Å². The fourth-order valence-electron chi connectivity index (χ4n) is 5.97. The number of hydrogen-bond acceptors (Lipinski definition) is 3. The lowest BCUT2D eigenvalue weighted by atomic mass is 9.87. The van der Waals surface area contributed by atoms with Crippen molar-refractivity contribution in [1.82, 2.24) is 0 Å². The highest BCUT2D eigenvalue weighted by Gasteiger charge is 2.30. The second kappa shape index (κ2) is 33.0. The predicted molar refractivity (Wildman–Crippen MR) is 190 cm³/mol. The third-order valence-corrected chi connectivity index (χ3v) is 9.01. The maximum absolute atomic E-state index is 12.9. The van der Waals surface area contributed by atoms with Crippen molar-refractivity contribution in [3.05, 3.63) is 0 Å². The molecule has 0 bridgehead atoms. The summed E-state index contributed by atoms with van der Waals surface area (Å²) >= 11 is 0. The first kappa shape index (κ1) is 42.6. The molecule has 0 rings (SSSR count). The molecule has 3 nitrogen and oxygen atoms in total. The number of rotatable bonds is 35. The lowest BCUT2D eigenvalue weighted by molar-refractivity contribution is -0.142. The van der Waals surface area contributed by atoms with E-state index in [0.29, 0.717) is 13.2 Å². The van der Waals surface area contributed by atoms with E-state index in [0.717, 1.165) is 19.4 Å². The van der Waals surface area contributed by atoms with E-state index >= 15 is 0 Å². The van der Waals surface area contributed by atoms with Crippen LogP contribution in [0.1, 0.15) is 221 Å². The van der Waals surface area contributed by atoms with Crippen molar-refractivity contribution >= 4 is 5.78 Å². The summed E-state index contributed by atoms with van der Waals surface area (Å²) in [6, 6.07) is 0. The Morgan fingerprint density at radius 3 is 1.02 bits per heavy atom. The number of Topliss-reactive ketones (excluding diaryl/α,β-unsaturated/α-hetero) is 1. The smallest absolute Gasteiger partial charge is 0.169 e. The van der Waals surface area contributed by atoms with E-state index in [1.807, 2.05) is 20.8 Å². The Bertz CT molecular complexity index is 516. The molecule has 3 heteroatoms. The van der Waals surface area contributed by atoms with Crippen LogP contribution in [0.25, 0.3) is 0 Å². The molecule has 0 saturated heterocycles. The highest BCUT2D eigenvalue weighted by molar-refractivity contribution is 5.88. The first-order chi connectivity index (χ1) is 20.9. The molecule has 0 saturated carbocycles. The van der Waals surface area contributed by atoms with Gasteiger partial charge in [-0.15, -0.1) is 0 Å². The zero-order valence-corrected chi connectivity index (χ0v) is 30.4. The van der Waals surface area contributed by atoms with Crippen molar-refractivity contribution in [2.45, 2.75) is 227 Å². The maximum Gasteiger partial charge on any atom is 0.169 e. The molecule has 0 aromatic rings. The summed E-state index contributed by atoms with van der Waals surface area (Å²) in [5.41, 5.74) is -0.391. The van der Waals surface area contributed by atoms with Crippen LogP contribution < -0.4 is 0 Å². The first-order valence-electron chi connectivity index (χ1n) is 19.7. The SMILES string of the molecule is CCCCCCCCCCCCCCCCCOC(COCCCCCCCCCCCCCCCC)C(=O)C(C)(C)C. The van der Waals surface area contributed by atoms with Crippen LogP contribution in [0, 0.1) is 5.41 Å². The van der Waals surface area contributed by atoms with Crippen molar-refractivity contribution in [2.75, 3.05) is 19.8 Å². The third-order valence-electron chi connectivity index (χ3n) is 9.01. The number of hydrogen-bond donors (Lipinski definition) is 0. The van der Waals surface area contributed by atoms with Gasteiger partial charge in [-0.2, -0.15) is 0 Å². The van der Waals surface area contributed by atoms with Gasteiger partial charge in [-0.1, -0.05) is 208 Å². The molecule has 0 amide bonds. The molecule has 0 aromatic carbocycles. The number of carbonyl (C=O) groups excluding carboxylic acids is 1. The van der Waals surface area contributed by atoms with Gasteiger partial charge in [0.1, 0.15) is 6.10 Å². The van der Waals surface area contributed by atoms with Crippen LogP contribution in [-0.2, 0) is 14.3 Å². The molecule has 0 fully saturated rings. The minimum atomic E-state index is -0.418. The van der Waals surface area contributed by atoms with Crippen LogP contribution in [0.4, 0.5) is 0 Å². The van der Waals surface area contributed by atoms with Crippen LogP contribution in [0.3, 0.4) is 0 Å². The summed E-state index contributed by atoms with van der Waals surface area (Å²) in [6.45, 7) is 12.4. The van der Waals surface area contributed by atoms with Crippen molar-refractivity contribution in [2.24, 2.45) is 5.41 Å². The van der Waals surface area contributed by atoms with E-state index in [1.54, 1.807) is 0 Å². The zero-order valence-electron chi connectivity index (χ0n) is 30.4.